The van der Waals surface area contributed by atoms with Gasteiger partial charge in [-0.1, -0.05) is 23.7 Å². The number of pyridine rings is 3. The van der Waals surface area contributed by atoms with Crippen molar-refractivity contribution in [2.75, 3.05) is 5.32 Å². The van der Waals surface area contributed by atoms with E-state index >= 15 is 0 Å². The number of nitrogens with one attached hydrogen (secondary N) is 1. The molecule has 0 spiro atoms. The number of hydrogen-bond donors (Lipinski definition) is 2. The summed E-state index contributed by atoms with van der Waals surface area (Å²) in [5.74, 6) is 0.764. The quantitative estimate of drug-likeness (QED) is 0.555. The Morgan fingerprint density at radius 2 is 1.81 bits per heavy atom. The zero-order chi connectivity index (χ0) is 17.9. The number of anilines is 1. The third-order valence-electron chi connectivity index (χ3n) is 4.13. The van der Waals surface area contributed by atoms with Crippen molar-refractivity contribution in [2.24, 2.45) is 0 Å². The van der Waals surface area contributed by atoms with E-state index in [1.165, 1.54) is 0 Å². The van der Waals surface area contributed by atoms with Crippen LogP contribution in [0, 0.1) is 0 Å². The van der Waals surface area contributed by atoms with E-state index in [1.807, 2.05) is 36.4 Å². The largest absolute Gasteiger partial charge is 0.505 e. The molecule has 2 N–H and O–H groups in total. The van der Waals surface area contributed by atoms with Crippen LogP contribution < -0.4 is 5.32 Å². The molecular weight excluding hydrogens is 348 g/mol. The van der Waals surface area contributed by atoms with Gasteiger partial charge in [-0.2, -0.15) is 0 Å². The molecule has 1 unspecified atom stereocenters. The predicted octanol–water partition coefficient (Wildman–Crippen LogP) is 4.59. The standard InChI is InChI=1S/C20H15ClN4O/c21-16-11-15(20(26)19-14(16)6-4-10-24-19)18(13-5-3-8-22-12-13)25-17-7-1-2-9-23-17/h1-12,18,26H,(H,23,25). The summed E-state index contributed by atoms with van der Waals surface area (Å²) in [7, 11) is 0. The number of halogens is 1. The van der Waals surface area contributed by atoms with Gasteiger partial charge in [0.25, 0.3) is 0 Å². The van der Waals surface area contributed by atoms with Gasteiger partial charge in [0.15, 0.2) is 0 Å². The van der Waals surface area contributed by atoms with Gasteiger partial charge in [-0.05, 0) is 42.0 Å². The molecule has 0 amide bonds. The molecule has 26 heavy (non-hydrogen) atoms. The second-order valence-electron chi connectivity index (χ2n) is 5.77. The molecule has 3 heterocycles. The van der Waals surface area contributed by atoms with Crippen LogP contribution in [0.1, 0.15) is 17.2 Å². The normalized spacial score (nSPS) is 12.0. The van der Waals surface area contributed by atoms with Crippen LogP contribution in [0.5, 0.6) is 5.75 Å². The van der Waals surface area contributed by atoms with E-state index in [4.69, 9.17) is 11.6 Å². The van der Waals surface area contributed by atoms with Crippen LogP contribution in [-0.2, 0) is 0 Å². The molecule has 0 aliphatic heterocycles. The lowest BCUT2D eigenvalue weighted by atomic mass is 9.97. The van der Waals surface area contributed by atoms with Gasteiger partial charge < -0.3 is 10.4 Å². The number of aromatic hydroxyl groups is 1. The molecule has 6 heteroatoms. The van der Waals surface area contributed by atoms with Crippen LogP contribution in [0.4, 0.5) is 5.82 Å². The van der Waals surface area contributed by atoms with E-state index in [0.717, 1.165) is 5.56 Å². The highest BCUT2D eigenvalue weighted by Gasteiger charge is 2.22. The number of benzene rings is 1. The fourth-order valence-electron chi connectivity index (χ4n) is 2.91. The molecule has 128 valence electrons. The highest BCUT2D eigenvalue weighted by atomic mass is 35.5. The zero-order valence-corrected chi connectivity index (χ0v) is 14.4. The Bertz CT molecular complexity index is 1040. The van der Waals surface area contributed by atoms with Crippen LogP contribution in [0.25, 0.3) is 10.9 Å². The van der Waals surface area contributed by atoms with Gasteiger partial charge in [-0.15, -0.1) is 0 Å². The smallest absolute Gasteiger partial charge is 0.147 e. The van der Waals surface area contributed by atoms with Crippen molar-refractivity contribution in [1.29, 1.82) is 0 Å². The summed E-state index contributed by atoms with van der Waals surface area (Å²) in [6, 6.07) is 14.4. The second-order valence-corrected chi connectivity index (χ2v) is 6.18. The molecule has 1 aromatic carbocycles. The first-order chi connectivity index (χ1) is 12.7. The summed E-state index contributed by atoms with van der Waals surface area (Å²) in [6.45, 7) is 0. The fourth-order valence-corrected chi connectivity index (χ4v) is 3.18. The maximum absolute atomic E-state index is 10.9. The van der Waals surface area contributed by atoms with Crippen molar-refractivity contribution in [1.82, 2.24) is 15.0 Å². The lowest BCUT2D eigenvalue weighted by molar-refractivity contribution is 0.471. The van der Waals surface area contributed by atoms with Crippen molar-refractivity contribution < 1.29 is 5.11 Å². The maximum atomic E-state index is 10.9. The summed E-state index contributed by atoms with van der Waals surface area (Å²) >= 11 is 6.46. The Balaban J connectivity index is 1.89. The van der Waals surface area contributed by atoms with E-state index in [-0.39, 0.29) is 11.8 Å². The van der Waals surface area contributed by atoms with Gasteiger partial charge in [0.05, 0.1) is 11.1 Å². The molecule has 0 saturated carbocycles. The van der Waals surface area contributed by atoms with Gasteiger partial charge in [-0.25, -0.2) is 4.98 Å². The topological polar surface area (TPSA) is 70.9 Å². The van der Waals surface area contributed by atoms with E-state index in [0.29, 0.717) is 27.3 Å². The Hall–Kier alpha value is -3.18. The number of aromatic nitrogens is 3. The average Bonchev–Trinajstić information content (AvgIpc) is 2.71. The minimum atomic E-state index is -0.387. The summed E-state index contributed by atoms with van der Waals surface area (Å²) < 4.78 is 0. The third kappa shape index (κ3) is 3.05. The minimum absolute atomic E-state index is 0.0854. The van der Waals surface area contributed by atoms with Crippen molar-refractivity contribution in [3.8, 4) is 5.75 Å². The first-order valence-electron chi connectivity index (χ1n) is 8.07. The molecule has 4 rings (SSSR count). The maximum Gasteiger partial charge on any atom is 0.147 e. The molecule has 0 saturated heterocycles. The van der Waals surface area contributed by atoms with Gasteiger partial charge in [0, 0.05) is 35.7 Å². The minimum Gasteiger partial charge on any atom is -0.505 e. The number of rotatable bonds is 4. The number of phenols is 1. The van der Waals surface area contributed by atoms with Crippen LogP contribution in [0.15, 0.2) is 73.3 Å². The van der Waals surface area contributed by atoms with E-state index in [1.54, 1.807) is 36.9 Å². The van der Waals surface area contributed by atoms with Crippen LogP contribution in [0.3, 0.4) is 0 Å². The first-order valence-corrected chi connectivity index (χ1v) is 8.45. The SMILES string of the molecule is Oc1c(C(Nc2ccccn2)c2cccnc2)cc(Cl)c2cccnc12. The summed E-state index contributed by atoms with van der Waals surface area (Å²) in [6.07, 6.45) is 6.79. The number of fused-ring (bicyclic) bond motifs is 1. The summed E-state index contributed by atoms with van der Waals surface area (Å²) in [5.41, 5.74) is 1.95. The van der Waals surface area contributed by atoms with E-state index < -0.39 is 0 Å². The van der Waals surface area contributed by atoms with Gasteiger partial charge in [0.1, 0.15) is 17.1 Å². The van der Waals surface area contributed by atoms with E-state index in [9.17, 15) is 5.11 Å². The summed E-state index contributed by atoms with van der Waals surface area (Å²) in [5, 5.41) is 15.5. The molecule has 0 aliphatic rings. The highest BCUT2D eigenvalue weighted by molar-refractivity contribution is 6.35. The van der Waals surface area contributed by atoms with Gasteiger partial charge in [-0.3, -0.25) is 9.97 Å². The molecule has 0 fully saturated rings. The van der Waals surface area contributed by atoms with Crippen molar-refractivity contribution in [3.63, 3.8) is 0 Å². The molecule has 4 aromatic rings. The molecule has 5 nitrogen and oxygen atoms in total. The molecule has 0 aliphatic carbocycles. The van der Waals surface area contributed by atoms with Crippen LogP contribution >= 0.6 is 11.6 Å². The molecule has 0 radical (unpaired) electrons. The fraction of sp³-hybridized carbons (Fsp3) is 0.0500. The van der Waals surface area contributed by atoms with Crippen LogP contribution in [-0.4, -0.2) is 20.1 Å². The monoisotopic (exact) mass is 362 g/mol. The number of hydrogen-bond acceptors (Lipinski definition) is 5. The summed E-state index contributed by atoms with van der Waals surface area (Å²) in [4.78, 5) is 12.8. The van der Waals surface area contributed by atoms with Crippen molar-refractivity contribution in [2.45, 2.75) is 6.04 Å². The molecular formula is C20H15ClN4O. The van der Waals surface area contributed by atoms with Crippen LogP contribution in [0.2, 0.25) is 5.02 Å². The molecule has 0 bridgehead atoms. The Morgan fingerprint density at radius 3 is 2.58 bits per heavy atom. The predicted molar refractivity (Wildman–Crippen MR) is 102 cm³/mol. The number of phenolic OH excluding ortho intramolecular Hbond substituents is 1. The van der Waals surface area contributed by atoms with E-state index in [2.05, 4.69) is 20.3 Å². The van der Waals surface area contributed by atoms with Crippen molar-refractivity contribution >= 4 is 28.3 Å². The molecule has 1 atom stereocenters. The lowest BCUT2D eigenvalue weighted by Gasteiger charge is -2.22. The van der Waals surface area contributed by atoms with Gasteiger partial charge in [0.2, 0.25) is 0 Å². The second kappa shape index (κ2) is 6.98. The Morgan fingerprint density at radius 1 is 0.962 bits per heavy atom. The highest BCUT2D eigenvalue weighted by Crippen LogP contribution is 2.39. The average molecular weight is 363 g/mol. The zero-order valence-electron chi connectivity index (χ0n) is 13.7. The van der Waals surface area contributed by atoms with Gasteiger partial charge >= 0.3 is 0 Å². The van der Waals surface area contributed by atoms with Crippen molar-refractivity contribution in [3.05, 3.63) is 89.5 Å². The third-order valence-corrected chi connectivity index (χ3v) is 4.44. The first kappa shape index (κ1) is 16.3. The Kier molecular flexibility index (Phi) is 4.37. The Labute approximate surface area is 155 Å². The molecule has 3 aromatic heterocycles. The number of nitrogens with zero attached hydrogens (tertiary/aromatic N) is 3. The lowest BCUT2D eigenvalue weighted by Crippen LogP contribution is -2.14.